The Morgan fingerprint density at radius 2 is 2.21 bits per heavy atom. The number of nitrogens with one attached hydrogen (secondary N) is 1. The van der Waals surface area contributed by atoms with Crippen LogP contribution in [0.1, 0.15) is 17.7 Å². The first-order valence-electron chi connectivity index (χ1n) is 5.98. The second kappa shape index (κ2) is 7.12. The number of aromatic nitrogens is 1. The summed E-state index contributed by atoms with van der Waals surface area (Å²) < 4.78 is 23.8. The van der Waals surface area contributed by atoms with Crippen LogP contribution in [-0.2, 0) is 10.0 Å². The average molecular weight is 303 g/mol. The van der Waals surface area contributed by atoms with Crippen LogP contribution in [0.15, 0.2) is 18.3 Å². The molecule has 5 nitrogen and oxygen atoms in total. The molecule has 0 aromatic carbocycles. The molecule has 7 heteroatoms. The van der Waals surface area contributed by atoms with Gasteiger partial charge in [0.1, 0.15) is 5.82 Å². The third-order valence-corrected chi connectivity index (χ3v) is 5.20. The van der Waals surface area contributed by atoms with Gasteiger partial charge in [0.25, 0.3) is 0 Å². The molecule has 1 aromatic heterocycles. The van der Waals surface area contributed by atoms with Crippen molar-refractivity contribution in [3.63, 3.8) is 0 Å². The molecule has 0 radical (unpaired) electrons. The molecule has 0 bridgehead atoms. The van der Waals surface area contributed by atoms with Crippen molar-refractivity contribution in [3.05, 3.63) is 23.9 Å². The molecule has 0 saturated carbocycles. The van der Waals surface area contributed by atoms with Crippen LogP contribution in [0.2, 0.25) is 0 Å². The third kappa shape index (κ3) is 5.38. The molecule has 1 N–H and O–H groups in total. The van der Waals surface area contributed by atoms with Gasteiger partial charge in [0.2, 0.25) is 10.0 Å². The van der Waals surface area contributed by atoms with E-state index >= 15 is 0 Å². The minimum absolute atomic E-state index is 0.419. The zero-order valence-electron chi connectivity index (χ0n) is 11.8. The highest BCUT2D eigenvalue weighted by Crippen LogP contribution is 2.26. The van der Waals surface area contributed by atoms with Gasteiger partial charge in [-0.05, 0) is 30.9 Å². The molecule has 1 aromatic rings. The number of nitrogens with zero attached hydrogens (tertiary/aromatic N) is 2. The molecule has 1 unspecified atom stereocenters. The minimum atomic E-state index is -3.11. The van der Waals surface area contributed by atoms with Crippen molar-refractivity contribution in [3.8, 4) is 0 Å². The summed E-state index contributed by atoms with van der Waals surface area (Å²) in [7, 11) is -1.55. The van der Waals surface area contributed by atoms with E-state index in [2.05, 4.69) is 23.5 Å². The van der Waals surface area contributed by atoms with Crippen LogP contribution >= 0.6 is 11.8 Å². The van der Waals surface area contributed by atoms with Crippen LogP contribution in [0.25, 0.3) is 0 Å². The zero-order chi connectivity index (χ0) is 14.5. The monoisotopic (exact) mass is 303 g/mol. The molecule has 0 aliphatic heterocycles. The number of likely N-dealkylation sites (N-methyl/N-ethyl adjacent to an activating group) is 1. The fourth-order valence-corrected chi connectivity index (χ4v) is 2.28. The first-order valence-corrected chi connectivity index (χ1v) is 9.12. The highest BCUT2D eigenvalue weighted by Gasteiger charge is 2.10. The number of hydrogen-bond donors (Lipinski definition) is 1. The quantitative estimate of drug-likeness (QED) is 0.832. The van der Waals surface area contributed by atoms with Crippen LogP contribution in [0.4, 0.5) is 5.82 Å². The van der Waals surface area contributed by atoms with Gasteiger partial charge in [-0.1, -0.05) is 0 Å². The van der Waals surface area contributed by atoms with Crippen molar-refractivity contribution in [1.82, 2.24) is 9.29 Å². The molecule has 1 atom stereocenters. The van der Waals surface area contributed by atoms with Gasteiger partial charge >= 0.3 is 0 Å². The number of pyridine rings is 1. The third-order valence-electron chi connectivity index (χ3n) is 2.91. The van der Waals surface area contributed by atoms with E-state index in [1.54, 1.807) is 25.0 Å². The maximum absolute atomic E-state index is 11.2. The highest BCUT2D eigenvalue weighted by molar-refractivity contribution is 7.98. The second-order valence-corrected chi connectivity index (χ2v) is 7.63. The number of thioether (sulfide) groups is 1. The van der Waals surface area contributed by atoms with E-state index in [4.69, 9.17) is 0 Å². The maximum Gasteiger partial charge on any atom is 0.211 e. The van der Waals surface area contributed by atoms with Crippen molar-refractivity contribution in [2.45, 2.75) is 12.2 Å². The van der Waals surface area contributed by atoms with Crippen molar-refractivity contribution in [2.24, 2.45) is 0 Å². The fraction of sp³-hybridized carbons (Fsp3) is 0.583. The van der Waals surface area contributed by atoms with Gasteiger partial charge in [-0.25, -0.2) is 17.7 Å². The number of anilines is 1. The molecule has 108 valence electrons. The summed E-state index contributed by atoms with van der Waals surface area (Å²) in [4.78, 5) is 4.23. The average Bonchev–Trinajstić information content (AvgIpc) is 2.37. The van der Waals surface area contributed by atoms with E-state index in [0.717, 1.165) is 5.82 Å². The Balaban J connectivity index is 2.55. The molecule has 1 heterocycles. The standard InChI is InChI=1S/C12H21N3O2S2/c1-10(18-3)11-5-6-13-12(9-11)14-7-8-15(2)19(4,16)17/h5-6,9-10H,7-8H2,1-4H3,(H,13,14). The molecule has 0 fully saturated rings. The Bertz CT molecular complexity index is 505. The van der Waals surface area contributed by atoms with Crippen LogP contribution in [0.3, 0.4) is 0 Å². The van der Waals surface area contributed by atoms with Crippen molar-refractivity contribution in [2.75, 3.05) is 38.0 Å². The smallest absolute Gasteiger partial charge is 0.211 e. The van der Waals surface area contributed by atoms with Crippen LogP contribution < -0.4 is 5.32 Å². The molecule has 0 saturated heterocycles. The van der Waals surface area contributed by atoms with E-state index in [1.165, 1.54) is 16.1 Å². The van der Waals surface area contributed by atoms with Crippen LogP contribution in [0, 0.1) is 0 Å². The molecule has 0 amide bonds. The molecule has 19 heavy (non-hydrogen) atoms. The zero-order valence-corrected chi connectivity index (χ0v) is 13.4. The van der Waals surface area contributed by atoms with E-state index in [9.17, 15) is 8.42 Å². The number of sulfonamides is 1. The SMILES string of the molecule is CSC(C)c1ccnc(NCCN(C)S(C)(=O)=O)c1. The van der Waals surface area contributed by atoms with E-state index in [-0.39, 0.29) is 0 Å². The number of hydrogen-bond acceptors (Lipinski definition) is 5. The molecule has 1 rings (SSSR count). The van der Waals surface area contributed by atoms with Gasteiger partial charge in [0.05, 0.1) is 6.26 Å². The Morgan fingerprint density at radius 1 is 1.53 bits per heavy atom. The first-order chi connectivity index (χ1) is 8.84. The van der Waals surface area contributed by atoms with Crippen molar-refractivity contribution >= 4 is 27.6 Å². The van der Waals surface area contributed by atoms with Gasteiger partial charge in [0, 0.05) is 31.6 Å². The lowest BCUT2D eigenvalue weighted by molar-refractivity contribution is 0.486. The molecular weight excluding hydrogens is 282 g/mol. The maximum atomic E-state index is 11.2. The summed E-state index contributed by atoms with van der Waals surface area (Å²) in [5.74, 6) is 0.778. The lowest BCUT2D eigenvalue weighted by Gasteiger charge is -2.15. The predicted octanol–water partition coefficient (Wildman–Crippen LogP) is 1.81. The van der Waals surface area contributed by atoms with Gasteiger partial charge in [0.15, 0.2) is 0 Å². The van der Waals surface area contributed by atoms with Gasteiger partial charge in [-0.15, -0.1) is 0 Å². The summed E-state index contributed by atoms with van der Waals surface area (Å²) in [5, 5.41) is 3.56. The minimum Gasteiger partial charge on any atom is -0.369 e. The Hall–Kier alpha value is -0.790. The summed E-state index contributed by atoms with van der Waals surface area (Å²) >= 11 is 1.78. The highest BCUT2D eigenvalue weighted by atomic mass is 32.2. The fourth-order valence-electron chi connectivity index (χ4n) is 1.44. The summed E-state index contributed by atoms with van der Waals surface area (Å²) in [5.41, 5.74) is 1.21. The van der Waals surface area contributed by atoms with Gasteiger partial charge in [-0.3, -0.25) is 0 Å². The number of rotatable bonds is 7. The molecule has 0 aliphatic rings. The molecule has 0 spiro atoms. The van der Waals surface area contributed by atoms with Gasteiger partial charge < -0.3 is 5.32 Å². The van der Waals surface area contributed by atoms with Crippen LogP contribution in [-0.4, -0.2) is 50.4 Å². The van der Waals surface area contributed by atoms with Gasteiger partial charge in [-0.2, -0.15) is 11.8 Å². The molecule has 0 aliphatic carbocycles. The Labute approximate surface area is 119 Å². The summed E-state index contributed by atoms with van der Waals surface area (Å²) in [6, 6.07) is 4.00. The Kier molecular flexibility index (Phi) is 6.09. The van der Waals surface area contributed by atoms with E-state index in [0.29, 0.717) is 18.3 Å². The lowest BCUT2D eigenvalue weighted by atomic mass is 10.2. The normalized spacial score (nSPS) is 13.5. The Morgan fingerprint density at radius 3 is 2.79 bits per heavy atom. The van der Waals surface area contributed by atoms with Crippen molar-refractivity contribution in [1.29, 1.82) is 0 Å². The van der Waals surface area contributed by atoms with Crippen LogP contribution in [0.5, 0.6) is 0 Å². The summed E-state index contributed by atoms with van der Waals surface area (Å²) in [6.07, 6.45) is 5.04. The second-order valence-electron chi connectivity index (χ2n) is 4.36. The van der Waals surface area contributed by atoms with E-state index in [1.807, 2.05) is 12.1 Å². The lowest BCUT2D eigenvalue weighted by Crippen LogP contribution is -2.30. The molecular formula is C12H21N3O2S2. The van der Waals surface area contributed by atoms with E-state index < -0.39 is 10.0 Å². The first kappa shape index (κ1) is 16.3. The topological polar surface area (TPSA) is 62.3 Å². The predicted molar refractivity (Wildman–Crippen MR) is 82.1 cm³/mol. The van der Waals surface area contributed by atoms with Crippen molar-refractivity contribution < 1.29 is 8.42 Å². The summed E-state index contributed by atoms with van der Waals surface area (Å²) in [6.45, 7) is 3.09. The largest absolute Gasteiger partial charge is 0.369 e.